The first-order chi connectivity index (χ1) is 10.6. The van der Waals surface area contributed by atoms with Gasteiger partial charge in [-0.2, -0.15) is 0 Å². The molecule has 0 spiro atoms. The van der Waals surface area contributed by atoms with E-state index in [9.17, 15) is 9.59 Å². The van der Waals surface area contributed by atoms with Gasteiger partial charge < -0.3 is 9.47 Å². The van der Waals surface area contributed by atoms with Crippen LogP contribution in [0.5, 0.6) is 0 Å². The number of rotatable bonds is 7. The van der Waals surface area contributed by atoms with Crippen molar-refractivity contribution in [2.24, 2.45) is 5.92 Å². The topological polar surface area (TPSA) is 64.6 Å². The second-order valence-corrected chi connectivity index (χ2v) is 5.04. The van der Waals surface area contributed by atoms with Crippen LogP contribution in [-0.4, -0.2) is 31.6 Å². The molecule has 0 radical (unpaired) electrons. The molecule has 0 atom stereocenters. The maximum Gasteiger partial charge on any atom is 0.384 e. The number of esters is 2. The smallest absolute Gasteiger partial charge is 0.384 e. The van der Waals surface area contributed by atoms with Crippen molar-refractivity contribution < 1.29 is 19.1 Å². The highest BCUT2D eigenvalue weighted by atomic mass is 16.5. The van der Waals surface area contributed by atoms with Gasteiger partial charge in [-0.3, -0.25) is 10.1 Å². The van der Waals surface area contributed by atoms with Gasteiger partial charge in [-0.25, -0.2) is 4.79 Å². The zero-order chi connectivity index (χ0) is 16.2. The van der Waals surface area contributed by atoms with Gasteiger partial charge in [0.05, 0.1) is 19.7 Å². The quantitative estimate of drug-likeness (QED) is 0.358. The molecule has 0 aliphatic heterocycles. The van der Waals surface area contributed by atoms with Crippen molar-refractivity contribution in [1.82, 2.24) is 5.32 Å². The van der Waals surface area contributed by atoms with Crippen LogP contribution in [0.3, 0.4) is 0 Å². The van der Waals surface area contributed by atoms with E-state index in [4.69, 9.17) is 9.47 Å². The molecule has 0 saturated heterocycles. The number of carbonyl (C=O) groups is 2. The van der Waals surface area contributed by atoms with Gasteiger partial charge >= 0.3 is 11.9 Å². The van der Waals surface area contributed by atoms with E-state index in [2.05, 4.69) is 17.2 Å². The van der Waals surface area contributed by atoms with E-state index in [1.54, 1.807) is 0 Å². The van der Waals surface area contributed by atoms with Crippen LogP contribution in [0.4, 0.5) is 0 Å². The number of nitrogens with one attached hydrogen (secondary N) is 1. The number of hydrogen-bond donors (Lipinski definition) is 1. The minimum absolute atomic E-state index is 0.0699. The Balaban J connectivity index is 2.13. The Bertz CT molecular complexity index is 529. The molecule has 0 aromatic heterocycles. The van der Waals surface area contributed by atoms with Crippen molar-refractivity contribution in [3.05, 3.63) is 35.9 Å². The zero-order valence-electron chi connectivity index (χ0n) is 12.9. The summed E-state index contributed by atoms with van der Waals surface area (Å²) in [4.78, 5) is 22.7. The van der Waals surface area contributed by atoms with Crippen LogP contribution in [0.1, 0.15) is 19.4 Å². The van der Waals surface area contributed by atoms with Crippen LogP contribution in [0.15, 0.2) is 30.3 Å². The van der Waals surface area contributed by atoms with Crippen molar-refractivity contribution in [3.63, 3.8) is 0 Å². The molecule has 1 aromatic carbocycles. The molecule has 0 aliphatic carbocycles. The van der Waals surface area contributed by atoms with Crippen LogP contribution in [0, 0.1) is 17.8 Å². The van der Waals surface area contributed by atoms with Crippen LogP contribution in [0.2, 0.25) is 0 Å². The van der Waals surface area contributed by atoms with Crippen molar-refractivity contribution in [2.75, 3.05) is 19.7 Å². The molecule has 5 heteroatoms. The van der Waals surface area contributed by atoms with E-state index in [0.717, 1.165) is 5.56 Å². The molecule has 0 heterocycles. The van der Waals surface area contributed by atoms with Crippen molar-refractivity contribution in [3.8, 4) is 11.8 Å². The lowest BCUT2D eigenvalue weighted by Crippen LogP contribution is -2.26. The Morgan fingerprint density at radius 3 is 2.59 bits per heavy atom. The molecule has 1 rings (SSSR count). The Hall–Kier alpha value is -2.32. The van der Waals surface area contributed by atoms with Crippen LogP contribution in [-0.2, 0) is 25.7 Å². The van der Waals surface area contributed by atoms with E-state index in [1.165, 1.54) is 0 Å². The van der Waals surface area contributed by atoms with E-state index in [1.807, 2.05) is 44.2 Å². The fourth-order valence-corrected chi connectivity index (χ4v) is 1.41. The van der Waals surface area contributed by atoms with Gasteiger partial charge in [-0.15, -0.1) is 0 Å². The Morgan fingerprint density at radius 2 is 1.91 bits per heavy atom. The van der Waals surface area contributed by atoms with Gasteiger partial charge in [0.2, 0.25) is 0 Å². The average molecular weight is 303 g/mol. The third kappa shape index (κ3) is 8.77. The van der Waals surface area contributed by atoms with Crippen LogP contribution in [0.25, 0.3) is 0 Å². The summed E-state index contributed by atoms with van der Waals surface area (Å²) in [6, 6.07) is 9.37. The van der Waals surface area contributed by atoms with Gasteiger partial charge in [-0.1, -0.05) is 50.1 Å². The SMILES string of the molecule is CC(C)COC(=O)CNCC#CC(=O)OCc1ccccc1. The predicted octanol–water partition coefficient (Wildman–Crippen LogP) is 1.52. The van der Waals surface area contributed by atoms with Gasteiger partial charge in [0.1, 0.15) is 6.61 Å². The van der Waals surface area contributed by atoms with E-state index in [-0.39, 0.29) is 25.7 Å². The predicted molar refractivity (Wildman–Crippen MR) is 82.7 cm³/mol. The summed E-state index contributed by atoms with van der Waals surface area (Å²) in [5, 5.41) is 2.78. The van der Waals surface area contributed by atoms with Crippen molar-refractivity contribution in [1.29, 1.82) is 0 Å². The summed E-state index contributed by atoms with van der Waals surface area (Å²) in [6.45, 7) is 4.82. The summed E-state index contributed by atoms with van der Waals surface area (Å²) in [7, 11) is 0. The van der Waals surface area contributed by atoms with E-state index < -0.39 is 5.97 Å². The first kappa shape index (κ1) is 17.7. The molecule has 1 aromatic rings. The number of benzene rings is 1. The summed E-state index contributed by atoms with van der Waals surface area (Å²) in [5.74, 6) is 4.34. The monoisotopic (exact) mass is 303 g/mol. The number of carbonyl (C=O) groups excluding carboxylic acids is 2. The van der Waals surface area contributed by atoms with Crippen molar-refractivity contribution in [2.45, 2.75) is 20.5 Å². The lowest BCUT2D eigenvalue weighted by atomic mass is 10.2. The summed E-state index contributed by atoms with van der Waals surface area (Å²) >= 11 is 0. The maximum absolute atomic E-state index is 11.4. The first-order valence-corrected chi connectivity index (χ1v) is 7.14. The largest absolute Gasteiger partial charge is 0.464 e. The highest BCUT2D eigenvalue weighted by molar-refractivity contribution is 5.88. The molecule has 22 heavy (non-hydrogen) atoms. The van der Waals surface area contributed by atoms with Gasteiger partial charge in [0, 0.05) is 5.92 Å². The molecule has 0 amide bonds. The molecule has 5 nitrogen and oxygen atoms in total. The number of hydrogen-bond acceptors (Lipinski definition) is 5. The first-order valence-electron chi connectivity index (χ1n) is 7.14. The second-order valence-electron chi connectivity index (χ2n) is 5.04. The minimum Gasteiger partial charge on any atom is -0.464 e. The third-order valence-electron chi connectivity index (χ3n) is 2.46. The van der Waals surface area contributed by atoms with E-state index >= 15 is 0 Å². The zero-order valence-corrected chi connectivity index (χ0v) is 12.9. The maximum atomic E-state index is 11.4. The summed E-state index contributed by atoms with van der Waals surface area (Å²) in [5.41, 5.74) is 0.906. The fourth-order valence-electron chi connectivity index (χ4n) is 1.41. The standard InChI is InChI=1S/C17H21NO4/c1-14(2)12-21-17(20)11-18-10-6-9-16(19)22-13-15-7-4-3-5-8-15/h3-5,7-8,14,18H,10-13H2,1-2H3. The molecule has 0 aliphatic rings. The Labute approximate surface area is 131 Å². The molecule has 0 unspecified atom stereocenters. The van der Waals surface area contributed by atoms with Gasteiger partial charge in [-0.05, 0) is 11.5 Å². The lowest BCUT2D eigenvalue weighted by molar-refractivity contribution is -0.143. The number of ether oxygens (including phenoxy) is 2. The minimum atomic E-state index is -0.590. The van der Waals surface area contributed by atoms with Crippen molar-refractivity contribution >= 4 is 11.9 Å². The lowest BCUT2D eigenvalue weighted by Gasteiger charge is -2.06. The Morgan fingerprint density at radius 1 is 1.18 bits per heavy atom. The highest BCUT2D eigenvalue weighted by Gasteiger charge is 2.02. The normalized spacial score (nSPS) is 9.77. The third-order valence-corrected chi connectivity index (χ3v) is 2.46. The Kier molecular flexibility index (Phi) is 8.39. The molecular formula is C17H21NO4. The summed E-state index contributed by atoms with van der Waals surface area (Å²) < 4.78 is 9.97. The molecule has 0 fully saturated rings. The van der Waals surface area contributed by atoms with Crippen LogP contribution < -0.4 is 5.32 Å². The molecule has 1 N–H and O–H groups in total. The molecule has 118 valence electrons. The fraction of sp³-hybridized carbons (Fsp3) is 0.412. The molecule has 0 bridgehead atoms. The van der Waals surface area contributed by atoms with Gasteiger partial charge in [0.15, 0.2) is 0 Å². The van der Waals surface area contributed by atoms with Crippen LogP contribution >= 0.6 is 0 Å². The van der Waals surface area contributed by atoms with Gasteiger partial charge in [0.25, 0.3) is 0 Å². The highest BCUT2D eigenvalue weighted by Crippen LogP contribution is 2.00. The summed E-state index contributed by atoms with van der Waals surface area (Å²) in [6.07, 6.45) is 0. The van der Waals surface area contributed by atoms with E-state index in [0.29, 0.717) is 12.5 Å². The molecular weight excluding hydrogens is 282 g/mol. The molecule has 0 saturated carbocycles. The second kappa shape index (κ2) is 10.4. The average Bonchev–Trinajstić information content (AvgIpc) is 2.51.